The Bertz CT molecular complexity index is 528. The molecule has 0 spiro atoms. The minimum Gasteiger partial charge on any atom is -0.508 e. The fraction of sp³-hybridized carbons (Fsp3) is 0.200. The number of phenols is 1. The van der Waals surface area contributed by atoms with Gasteiger partial charge in [0.05, 0.1) is 11.1 Å². The third-order valence-electron chi connectivity index (χ3n) is 2.68. The molecule has 2 aromatic carbocycles. The van der Waals surface area contributed by atoms with Gasteiger partial charge in [-0.25, -0.2) is 0 Å². The predicted octanol–water partition coefficient (Wildman–Crippen LogP) is 3.74. The third-order valence-corrected chi connectivity index (χ3v) is 4.34. The van der Waals surface area contributed by atoms with E-state index in [9.17, 15) is 10.2 Å². The van der Waals surface area contributed by atoms with E-state index < -0.39 is 6.10 Å². The van der Waals surface area contributed by atoms with Crippen molar-refractivity contribution in [2.45, 2.75) is 17.4 Å². The van der Waals surface area contributed by atoms with Gasteiger partial charge in [0.25, 0.3) is 0 Å². The molecule has 1 unspecified atom stereocenters. The van der Waals surface area contributed by atoms with Gasteiger partial charge in [-0.15, -0.1) is 11.8 Å². The van der Waals surface area contributed by atoms with E-state index in [4.69, 9.17) is 11.6 Å². The average molecular weight is 295 g/mol. The number of hydrogen-bond acceptors (Lipinski definition) is 3. The lowest BCUT2D eigenvalue weighted by Gasteiger charge is -2.11. The van der Waals surface area contributed by atoms with Crippen LogP contribution in [0.4, 0.5) is 0 Å². The van der Waals surface area contributed by atoms with E-state index in [1.54, 1.807) is 23.9 Å². The maximum atomic E-state index is 10.00. The van der Waals surface area contributed by atoms with Crippen molar-refractivity contribution < 1.29 is 10.2 Å². The molecule has 0 heterocycles. The number of benzene rings is 2. The Morgan fingerprint density at radius 3 is 2.42 bits per heavy atom. The van der Waals surface area contributed by atoms with E-state index in [1.165, 1.54) is 0 Å². The predicted molar refractivity (Wildman–Crippen MR) is 80.0 cm³/mol. The lowest BCUT2D eigenvalue weighted by molar-refractivity contribution is 0.200. The minimum atomic E-state index is -0.439. The maximum absolute atomic E-state index is 10.00. The molecule has 4 heteroatoms. The second kappa shape index (κ2) is 6.85. The molecule has 0 aliphatic rings. The molecule has 0 aromatic heterocycles. The highest BCUT2D eigenvalue weighted by atomic mass is 35.5. The van der Waals surface area contributed by atoms with Gasteiger partial charge in [-0.05, 0) is 36.2 Å². The fourth-order valence-corrected chi connectivity index (χ4v) is 2.88. The molecular weight excluding hydrogens is 280 g/mol. The van der Waals surface area contributed by atoms with Gasteiger partial charge < -0.3 is 10.2 Å². The Morgan fingerprint density at radius 1 is 1.05 bits per heavy atom. The Morgan fingerprint density at radius 2 is 1.74 bits per heavy atom. The quantitative estimate of drug-likeness (QED) is 0.825. The molecule has 0 radical (unpaired) electrons. The van der Waals surface area contributed by atoms with Crippen molar-refractivity contribution >= 4 is 23.4 Å². The Kier molecular flexibility index (Phi) is 5.14. The van der Waals surface area contributed by atoms with Gasteiger partial charge in [0, 0.05) is 10.6 Å². The average Bonchev–Trinajstić information content (AvgIpc) is 2.40. The number of hydrogen-bond donors (Lipinski definition) is 2. The van der Waals surface area contributed by atoms with Crippen molar-refractivity contribution in [1.82, 2.24) is 0 Å². The second-order valence-electron chi connectivity index (χ2n) is 4.27. The Labute approximate surface area is 122 Å². The monoisotopic (exact) mass is 294 g/mol. The normalized spacial score (nSPS) is 12.3. The summed E-state index contributed by atoms with van der Waals surface area (Å²) >= 11 is 7.60. The van der Waals surface area contributed by atoms with Gasteiger partial charge >= 0.3 is 0 Å². The number of aliphatic hydroxyl groups is 1. The van der Waals surface area contributed by atoms with E-state index in [-0.39, 0.29) is 5.75 Å². The highest BCUT2D eigenvalue weighted by Gasteiger charge is 2.08. The summed E-state index contributed by atoms with van der Waals surface area (Å²) < 4.78 is 0. The van der Waals surface area contributed by atoms with Crippen LogP contribution in [0.15, 0.2) is 53.4 Å². The molecule has 0 amide bonds. The highest BCUT2D eigenvalue weighted by Crippen LogP contribution is 2.27. The second-order valence-corrected chi connectivity index (χ2v) is 5.73. The van der Waals surface area contributed by atoms with Crippen LogP contribution in [-0.4, -0.2) is 22.1 Å². The summed E-state index contributed by atoms with van der Waals surface area (Å²) in [5, 5.41) is 19.9. The summed E-state index contributed by atoms with van der Waals surface area (Å²) in [4.78, 5) is 0.980. The zero-order valence-electron chi connectivity index (χ0n) is 10.3. The van der Waals surface area contributed by atoms with Crippen LogP contribution in [0, 0.1) is 0 Å². The van der Waals surface area contributed by atoms with Crippen LogP contribution in [0.3, 0.4) is 0 Å². The first-order chi connectivity index (χ1) is 9.15. The number of halogens is 1. The van der Waals surface area contributed by atoms with Crippen molar-refractivity contribution in [2.75, 3.05) is 5.75 Å². The summed E-state index contributed by atoms with van der Waals surface area (Å²) in [7, 11) is 0. The van der Waals surface area contributed by atoms with Crippen molar-refractivity contribution in [2.24, 2.45) is 0 Å². The molecule has 0 bridgehead atoms. The minimum absolute atomic E-state index is 0.240. The molecule has 100 valence electrons. The number of rotatable bonds is 5. The summed E-state index contributed by atoms with van der Waals surface area (Å²) in [6.45, 7) is 0. The fourth-order valence-electron chi connectivity index (χ4n) is 1.71. The van der Waals surface area contributed by atoms with Crippen LogP contribution in [0.5, 0.6) is 5.75 Å². The van der Waals surface area contributed by atoms with E-state index in [2.05, 4.69) is 0 Å². The van der Waals surface area contributed by atoms with Gasteiger partial charge in [-0.1, -0.05) is 35.9 Å². The molecular formula is C15H15ClO2S. The zero-order chi connectivity index (χ0) is 13.7. The molecule has 2 rings (SSSR count). The molecule has 2 N–H and O–H groups in total. The molecule has 19 heavy (non-hydrogen) atoms. The van der Waals surface area contributed by atoms with E-state index in [0.29, 0.717) is 17.2 Å². The topological polar surface area (TPSA) is 40.5 Å². The van der Waals surface area contributed by atoms with Crippen molar-refractivity contribution in [3.8, 4) is 5.75 Å². The van der Waals surface area contributed by atoms with Crippen LogP contribution < -0.4 is 0 Å². The zero-order valence-corrected chi connectivity index (χ0v) is 11.9. The van der Waals surface area contributed by atoms with Gasteiger partial charge in [0.1, 0.15) is 5.75 Å². The Hall–Kier alpha value is -1.16. The number of thioether (sulfide) groups is 1. The lowest BCUT2D eigenvalue weighted by atomic mass is 10.1. The van der Waals surface area contributed by atoms with Crippen LogP contribution in [0.2, 0.25) is 5.02 Å². The molecule has 0 aliphatic heterocycles. The first-order valence-electron chi connectivity index (χ1n) is 5.98. The van der Waals surface area contributed by atoms with Crippen LogP contribution in [0.1, 0.15) is 5.56 Å². The summed E-state index contributed by atoms with van der Waals surface area (Å²) in [6.07, 6.45) is 0.128. The Balaban J connectivity index is 1.86. The molecule has 0 fully saturated rings. The molecule has 2 nitrogen and oxygen atoms in total. The molecule has 0 saturated carbocycles. The van der Waals surface area contributed by atoms with E-state index >= 15 is 0 Å². The van der Waals surface area contributed by atoms with Crippen LogP contribution in [0.25, 0.3) is 0 Å². The van der Waals surface area contributed by atoms with Gasteiger partial charge in [0.2, 0.25) is 0 Å². The van der Waals surface area contributed by atoms with Gasteiger partial charge in [-0.2, -0.15) is 0 Å². The van der Waals surface area contributed by atoms with Gasteiger partial charge in [0.15, 0.2) is 0 Å². The van der Waals surface area contributed by atoms with E-state index in [1.807, 2.05) is 36.4 Å². The largest absolute Gasteiger partial charge is 0.508 e. The van der Waals surface area contributed by atoms with Gasteiger partial charge in [-0.3, -0.25) is 0 Å². The molecule has 0 aliphatic carbocycles. The standard InChI is InChI=1S/C15H15ClO2S/c16-14-3-1-2-4-15(14)19-10-13(18)9-11-5-7-12(17)8-6-11/h1-8,13,17-18H,9-10H2. The van der Waals surface area contributed by atoms with E-state index in [0.717, 1.165) is 10.5 Å². The third kappa shape index (κ3) is 4.46. The summed E-state index contributed by atoms with van der Waals surface area (Å²) in [6, 6.07) is 14.5. The SMILES string of the molecule is Oc1ccc(CC(O)CSc2ccccc2Cl)cc1. The molecule has 0 saturated heterocycles. The summed E-state index contributed by atoms with van der Waals surface area (Å²) in [5.74, 6) is 0.827. The number of aromatic hydroxyl groups is 1. The molecule has 1 atom stereocenters. The first-order valence-corrected chi connectivity index (χ1v) is 7.35. The maximum Gasteiger partial charge on any atom is 0.115 e. The highest BCUT2D eigenvalue weighted by molar-refractivity contribution is 7.99. The number of phenolic OH excluding ortho intramolecular Hbond substituents is 1. The van der Waals surface area contributed by atoms with Crippen LogP contribution >= 0.6 is 23.4 Å². The van der Waals surface area contributed by atoms with Crippen molar-refractivity contribution in [1.29, 1.82) is 0 Å². The number of aliphatic hydroxyl groups excluding tert-OH is 1. The lowest BCUT2D eigenvalue weighted by Crippen LogP contribution is -2.13. The van der Waals surface area contributed by atoms with Crippen LogP contribution in [-0.2, 0) is 6.42 Å². The van der Waals surface area contributed by atoms with Crippen molar-refractivity contribution in [3.63, 3.8) is 0 Å². The summed E-state index contributed by atoms with van der Waals surface area (Å²) in [5.41, 5.74) is 1.00. The smallest absolute Gasteiger partial charge is 0.115 e. The first kappa shape index (κ1) is 14.3. The van der Waals surface area contributed by atoms with Crippen molar-refractivity contribution in [3.05, 3.63) is 59.1 Å². The molecule has 2 aromatic rings.